The standard InChI is InChI=1S/C20H24O4/c1-15(2)24-19-11-6-17(7-12-19)14-23-18-9-4-16(5-10-18)8-13-20(21)22-3/h4-7,9-12,15H,8,13-14H2,1-3H3. The van der Waals surface area contributed by atoms with Crippen molar-refractivity contribution in [1.82, 2.24) is 0 Å². The van der Waals surface area contributed by atoms with Crippen molar-refractivity contribution in [3.63, 3.8) is 0 Å². The fourth-order valence-corrected chi connectivity index (χ4v) is 2.20. The molecule has 0 heterocycles. The van der Waals surface area contributed by atoms with Gasteiger partial charge in [0.15, 0.2) is 0 Å². The Morgan fingerprint density at radius 2 is 1.50 bits per heavy atom. The van der Waals surface area contributed by atoms with Crippen LogP contribution in [-0.4, -0.2) is 19.2 Å². The van der Waals surface area contributed by atoms with Crippen molar-refractivity contribution in [2.75, 3.05) is 7.11 Å². The molecule has 0 N–H and O–H groups in total. The predicted molar refractivity (Wildman–Crippen MR) is 93.3 cm³/mol. The lowest BCUT2D eigenvalue weighted by molar-refractivity contribution is -0.140. The highest BCUT2D eigenvalue weighted by Gasteiger charge is 2.03. The van der Waals surface area contributed by atoms with E-state index in [1.807, 2.05) is 62.4 Å². The van der Waals surface area contributed by atoms with Gasteiger partial charge in [0.1, 0.15) is 18.1 Å². The largest absolute Gasteiger partial charge is 0.491 e. The van der Waals surface area contributed by atoms with E-state index < -0.39 is 0 Å². The molecule has 0 unspecified atom stereocenters. The van der Waals surface area contributed by atoms with E-state index >= 15 is 0 Å². The number of carbonyl (C=O) groups excluding carboxylic acids is 1. The Balaban J connectivity index is 1.82. The number of hydrogen-bond donors (Lipinski definition) is 0. The van der Waals surface area contributed by atoms with Gasteiger partial charge in [0, 0.05) is 6.42 Å². The monoisotopic (exact) mass is 328 g/mol. The van der Waals surface area contributed by atoms with Crippen LogP contribution in [0.3, 0.4) is 0 Å². The van der Waals surface area contributed by atoms with Crippen LogP contribution >= 0.6 is 0 Å². The summed E-state index contributed by atoms with van der Waals surface area (Å²) in [5, 5.41) is 0. The molecule has 0 aliphatic heterocycles. The molecule has 0 radical (unpaired) electrons. The molecule has 0 atom stereocenters. The molecule has 2 rings (SSSR count). The Morgan fingerprint density at radius 1 is 0.917 bits per heavy atom. The van der Waals surface area contributed by atoms with Gasteiger partial charge in [-0.25, -0.2) is 0 Å². The lowest BCUT2D eigenvalue weighted by atomic mass is 10.1. The van der Waals surface area contributed by atoms with Crippen LogP contribution < -0.4 is 9.47 Å². The molecule has 0 spiro atoms. The summed E-state index contributed by atoms with van der Waals surface area (Å²) in [6, 6.07) is 15.7. The number of rotatable bonds is 8. The normalized spacial score (nSPS) is 10.5. The number of aryl methyl sites for hydroxylation is 1. The number of hydrogen-bond acceptors (Lipinski definition) is 4. The van der Waals surface area contributed by atoms with Gasteiger partial charge in [-0.15, -0.1) is 0 Å². The van der Waals surface area contributed by atoms with E-state index in [0.29, 0.717) is 19.4 Å². The minimum atomic E-state index is -0.194. The fourth-order valence-electron chi connectivity index (χ4n) is 2.20. The minimum Gasteiger partial charge on any atom is -0.491 e. The molecule has 0 aliphatic carbocycles. The zero-order chi connectivity index (χ0) is 17.4. The second-order valence-corrected chi connectivity index (χ2v) is 5.82. The average molecular weight is 328 g/mol. The number of benzene rings is 2. The molecule has 4 heteroatoms. The summed E-state index contributed by atoms with van der Waals surface area (Å²) < 4.78 is 16.0. The van der Waals surface area contributed by atoms with E-state index in [1.54, 1.807) is 0 Å². The van der Waals surface area contributed by atoms with Crippen LogP contribution in [0.15, 0.2) is 48.5 Å². The van der Waals surface area contributed by atoms with E-state index in [-0.39, 0.29) is 12.1 Å². The lowest BCUT2D eigenvalue weighted by Crippen LogP contribution is -2.05. The SMILES string of the molecule is COC(=O)CCc1ccc(OCc2ccc(OC(C)C)cc2)cc1. The predicted octanol–water partition coefficient (Wildman–Crippen LogP) is 4.16. The summed E-state index contributed by atoms with van der Waals surface area (Å²) in [4.78, 5) is 11.1. The zero-order valence-corrected chi connectivity index (χ0v) is 14.5. The molecular weight excluding hydrogens is 304 g/mol. The first kappa shape index (κ1) is 17.9. The zero-order valence-electron chi connectivity index (χ0n) is 14.5. The third-order valence-electron chi connectivity index (χ3n) is 3.47. The number of esters is 1. The van der Waals surface area contributed by atoms with Gasteiger partial charge >= 0.3 is 5.97 Å². The molecule has 0 aromatic heterocycles. The second-order valence-electron chi connectivity index (χ2n) is 5.82. The van der Waals surface area contributed by atoms with Crippen LogP contribution in [-0.2, 0) is 22.6 Å². The fraction of sp³-hybridized carbons (Fsp3) is 0.350. The van der Waals surface area contributed by atoms with Crippen molar-refractivity contribution in [3.8, 4) is 11.5 Å². The van der Waals surface area contributed by atoms with E-state index in [0.717, 1.165) is 22.6 Å². The van der Waals surface area contributed by atoms with Crippen LogP contribution in [0.2, 0.25) is 0 Å². The number of carbonyl (C=O) groups is 1. The van der Waals surface area contributed by atoms with E-state index in [9.17, 15) is 4.79 Å². The van der Waals surface area contributed by atoms with Gasteiger partial charge in [-0.05, 0) is 55.7 Å². The Hall–Kier alpha value is -2.49. The van der Waals surface area contributed by atoms with Gasteiger partial charge in [-0.2, -0.15) is 0 Å². The average Bonchev–Trinajstić information content (AvgIpc) is 2.59. The third-order valence-corrected chi connectivity index (χ3v) is 3.47. The Morgan fingerprint density at radius 3 is 2.08 bits per heavy atom. The van der Waals surface area contributed by atoms with Crippen molar-refractivity contribution in [3.05, 3.63) is 59.7 Å². The summed E-state index contributed by atoms with van der Waals surface area (Å²) in [6.45, 7) is 4.52. The van der Waals surface area contributed by atoms with Crippen LogP contribution in [0.4, 0.5) is 0 Å². The quantitative estimate of drug-likeness (QED) is 0.683. The van der Waals surface area contributed by atoms with E-state index in [1.165, 1.54) is 7.11 Å². The second kappa shape index (κ2) is 8.96. The lowest BCUT2D eigenvalue weighted by Gasteiger charge is -2.11. The van der Waals surface area contributed by atoms with Crippen LogP contribution in [0, 0.1) is 0 Å². The first-order valence-electron chi connectivity index (χ1n) is 8.11. The molecule has 0 bridgehead atoms. The van der Waals surface area contributed by atoms with Crippen molar-refractivity contribution in [2.45, 2.75) is 39.4 Å². The highest BCUT2D eigenvalue weighted by molar-refractivity contribution is 5.69. The molecular formula is C20H24O4. The van der Waals surface area contributed by atoms with Gasteiger partial charge in [-0.3, -0.25) is 4.79 Å². The molecule has 4 nitrogen and oxygen atoms in total. The molecule has 24 heavy (non-hydrogen) atoms. The summed E-state index contributed by atoms with van der Waals surface area (Å²) in [5.74, 6) is 1.48. The van der Waals surface area contributed by atoms with E-state index in [4.69, 9.17) is 9.47 Å². The van der Waals surface area contributed by atoms with Crippen molar-refractivity contribution < 1.29 is 19.0 Å². The van der Waals surface area contributed by atoms with Gasteiger partial charge in [0.25, 0.3) is 0 Å². The van der Waals surface area contributed by atoms with Gasteiger partial charge in [-0.1, -0.05) is 24.3 Å². The highest BCUT2D eigenvalue weighted by Crippen LogP contribution is 2.17. The summed E-state index contributed by atoms with van der Waals surface area (Å²) in [6.07, 6.45) is 1.23. The molecule has 0 saturated carbocycles. The van der Waals surface area contributed by atoms with Crippen LogP contribution in [0.25, 0.3) is 0 Å². The molecule has 0 amide bonds. The maximum atomic E-state index is 11.1. The smallest absolute Gasteiger partial charge is 0.305 e. The van der Waals surface area contributed by atoms with Gasteiger partial charge < -0.3 is 14.2 Å². The van der Waals surface area contributed by atoms with Crippen molar-refractivity contribution in [1.29, 1.82) is 0 Å². The summed E-state index contributed by atoms with van der Waals surface area (Å²) in [7, 11) is 1.40. The molecule has 128 valence electrons. The van der Waals surface area contributed by atoms with Crippen LogP contribution in [0.1, 0.15) is 31.4 Å². The topological polar surface area (TPSA) is 44.8 Å². The highest BCUT2D eigenvalue weighted by atomic mass is 16.5. The van der Waals surface area contributed by atoms with E-state index in [2.05, 4.69) is 4.74 Å². The van der Waals surface area contributed by atoms with Crippen molar-refractivity contribution >= 4 is 5.97 Å². The molecule has 2 aromatic carbocycles. The molecule has 0 saturated heterocycles. The van der Waals surface area contributed by atoms with Gasteiger partial charge in [0.05, 0.1) is 13.2 Å². The Kier molecular flexibility index (Phi) is 6.67. The summed E-state index contributed by atoms with van der Waals surface area (Å²) in [5.41, 5.74) is 2.17. The van der Waals surface area contributed by atoms with Gasteiger partial charge in [0.2, 0.25) is 0 Å². The maximum Gasteiger partial charge on any atom is 0.305 e. The van der Waals surface area contributed by atoms with Crippen LogP contribution in [0.5, 0.6) is 11.5 Å². The first-order valence-corrected chi connectivity index (χ1v) is 8.11. The minimum absolute atomic E-state index is 0.171. The molecule has 0 aliphatic rings. The summed E-state index contributed by atoms with van der Waals surface area (Å²) >= 11 is 0. The number of methoxy groups -OCH3 is 1. The molecule has 2 aromatic rings. The maximum absolute atomic E-state index is 11.1. The number of ether oxygens (including phenoxy) is 3. The Bertz CT molecular complexity index is 630. The third kappa shape index (κ3) is 5.95. The van der Waals surface area contributed by atoms with Crippen molar-refractivity contribution in [2.24, 2.45) is 0 Å². The Labute approximate surface area is 143 Å². The first-order chi connectivity index (χ1) is 11.6. The molecule has 0 fully saturated rings.